The van der Waals surface area contributed by atoms with E-state index in [4.69, 9.17) is 18.3 Å². The SMILES string of the molecule is C=CC(C)C(C(=O)O)C(C(=O)OCCCCOP(OCC)OCC)C(C=O)C(C)Cc1ccccc1. The predicted molar refractivity (Wildman–Crippen MR) is 139 cm³/mol. The molecule has 36 heavy (non-hydrogen) atoms. The second kappa shape index (κ2) is 18.2. The zero-order chi connectivity index (χ0) is 26.9. The van der Waals surface area contributed by atoms with Crippen LogP contribution in [0.25, 0.3) is 0 Å². The van der Waals surface area contributed by atoms with E-state index in [9.17, 15) is 19.5 Å². The number of benzene rings is 1. The van der Waals surface area contributed by atoms with E-state index in [2.05, 4.69) is 6.58 Å². The Kier molecular flexibility index (Phi) is 16.1. The number of carboxylic acids is 1. The monoisotopic (exact) mass is 524 g/mol. The van der Waals surface area contributed by atoms with E-state index in [0.717, 1.165) is 5.56 Å². The minimum absolute atomic E-state index is 0.0906. The van der Waals surface area contributed by atoms with Gasteiger partial charge in [-0.1, -0.05) is 50.3 Å². The third-order valence-corrected chi connectivity index (χ3v) is 7.29. The lowest BCUT2D eigenvalue weighted by atomic mass is 9.70. The fraction of sp³-hybridized carbons (Fsp3) is 0.593. The van der Waals surface area contributed by atoms with Crippen LogP contribution in [0.1, 0.15) is 46.1 Å². The van der Waals surface area contributed by atoms with Crippen LogP contribution in [0.2, 0.25) is 0 Å². The number of allylic oxidation sites excluding steroid dienone is 1. The lowest BCUT2D eigenvalue weighted by Gasteiger charge is -2.32. The number of aliphatic carboxylic acids is 1. The summed E-state index contributed by atoms with van der Waals surface area (Å²) in [5.41, 5.74) is 1.01. The maximum Gasteiger partial charge on any atom is 0.332 e. The summed E-state index contributed by atoms with van der Waals surface area (Å²) >= 11 is 0. The quantitative estimate of drug-likeness (QED) is 0.0788. The average molecular weight is 525 g/mol. The van der Waals surface area contributed by atoms with Gasteiger partial charge in [0.05, 0.1) is 38.3 Å². The normalized spacial score (nSPS) is 15.5. The highest BCUT2D eigenvalue weighted by molar-refractivity contribution is 7.41. The van der Waals surface area contributed by atoms with Gasteiger partial charge in [-0.3, -0.25) is 9.59 Å². The molecule has 8 nitrogen and oxygen atoms in total. The Morgan fingerprint density at radius 1 is 1.00 bits per heavy atom. The highest BCUT2D eigenvalue weighted by Crippen LogP contribution is 2.39. The summed E-state index contributed by atoms with van der Waals surface area (Å²) in [4.78, 5) is 37.7. The van der Waals surface area contributed by atoms with Crippen molar-refractivity contribution in [1.29, 1.82) is 0 Å². The standard InChI is InChI=1S/C27H41O8P/c1-6-20(4)24(26(29)30)25(23(19-28)21(5)18-22-14-10-9-11-15-22)27(31)32-16-12-13-17-35-36(33-7-2)34-8-3/h6,9-11,14-15,19-21,23-25H,1,7-8,12-13,16-18H2,2-5H3,(H,29,30). The summed E-state index contributed by atoms with van der Waals surface area (Å²) in [6.45, 7) is 12.4. The number of rotatable bonds is 20. The summed E-state index contributed by atoms with van der Waals surface area (Å²) < 4.78 is 21.9. The first kappa shape index (κ1) is 31.9. The van der Waals surface area contributed by atoms with Gasteiger partial charge in [0.25, 0.3) is 0 Å². The molecule has 202 valence electrons. The average Bonchev–Trinajstić information content (AvgIpc) is 2.86. The summed E-state index contributed by atoms with van der Waals surface area (Å²) in [7, 11) is -1.39. The lowest BCUT2D eigenvalue weighted by Crippen LogP contribution is -2.42. The van der Waals surface area contributed by atoms with Crippen molar-refractivity contribution in [2.24, 2.45) is 29.6 Å². The summed E-state index contributed by atoms with van der Waals surface area (Å²) in [5.74, 6) is -5.73. The highest BCUT2D eigenvalue weighted by atomic mass is 31.2. The van der Waals surface area contributed by atoms with Gasteiger partial charge in [-0.25, -0.2) is 0 Å². The molecule has 9 heteroatoms. The lowest BCUT2D eigenvalue weighted by molar-refractivity contribution is -0.163. The molecular weight excluding hydrogens is 483 g/mol. The minimum Gasteiger partial charge on any atom is -0.481 e. The van der Waals surface area contributed by atoms with Gasteiger partial charge in [-0.15, -0.1) is 6.58 Å². The van der Waals surface area contributed by atoms with E-state index in [1.54, 1.807) is 6.92 Å². The van der Waals surface area contributed by atoms with E-state index in [-0.39, 0.29) is 12.5 Å². The third-order valence-electron chi connectivity index (χ3n) is 5.96. The van der Waals surface area contributed by atoms with E-state index < -0.39 is 44.2 Å². The van der Waals surface area contributed by atoms with Crippen molar-refractivity contribution in [1.82, 2.24) is 0 Å². The highest BCUT2D eigenvalue weighted by Gasteiger charge is 2.44. The Morgan fingerprint density at radius 2 is 1.61 bits per heavy atom. The Hall–Kier alpha value is -2.12. The van der Waals surface area contributed by atoms with Crippen molar-refractivity contribution in [3.8, 4) is 0 Å². The second-order valence-corrected chi connectivity index (χ2v) is 9.85. The third kappa shape index (κ3) is 10.9. The zero-order valence-electron chi connectivity index (χ0n) is 21.8. The summed E-state index contributed by atoms with van der Waals surface area (Å²) in [5, 5.41) is 9.98. The summed E-state index contributed by atoms with van der Waals surface area (Å²) in [6, 6.07) is 9.59. The van der Waals surface area contributed by atoms with Crippen LogP contribution in [0.15, 0.2) is 43.0 Å². The maximum absolute atomic E-state index is 13.2. The van der Waals surface area contributed by atoms with Crippen LogP contribution in [-0.2, 0) is 39.1 Å². The molecule has 0 amide bonds. The maximum atomic E-state index is 13.2. The predicted octanol–water partition coefficient (Wildman–Crippen LogP) is 5.46. The number of unbranched alkanes of at least 4 members (excludes halogenated alkanes) is 1. The molecule has 0 saturated heterocycles. The molecule has 0 aliphatic heterocycles. The van der Waals surface area contributed by atoms with Gasteiger partial charge in [0.1, 0.15) is 6.29 Å². The van der Waals surface area contributed by atoms with Crippen LogP contribution in [-0.4, -0.2) is 49.8 Å². The van der Waals surface area contributed by atoms with Crippen molar-refractivity contribution >= 4 is 26.8 Å². The number of carbonyl (C=O) groups excluding carboxylic acids is 2. The Balaban J connectivity index is 2.88. The van der Waals surface area contributed by atoms with E-state index in [1.807, 2.05) is 51.1 Å². The van der Waals surface area contributed by atoms with E-state index >= 15 is 0 Å². The number of carboxylic acid groups (broad SMARTS) is 1. The van der Waals surface area contributed by atoms with Crippen molar-refractivity contribution in [2.75, 3.05) is 26.4 Å². The molecule has 1 aromatic carbocycles. The van der Waals surface area contributed by atoms with E-state index in [1.165, 1.54) is 6.08 Å². The number of hydrogen-bond donors (Lipinski definition) is 1. The summed E-state index contributed by atoms with van der Waals surface area (Å²) in [6.07, 6.45) is 3.84. The fourth-order valence-electron chi connectivity index (χ4n) is 4.02. The zero-order valence-corrected chi connectivity index (χ0v) is 22.7. The minimum atomic E-state index is -1.39. The number of aldehydes is 1. The Bertz CT molecular complexity index is 781. The Labute approximate surface area is 216 Å². The molecule has 1 aromatic rings. The first-order valence-electron chi connectivity index (χ1n) is 12.5. The van der Waals surface area contributed by atoms with Crippen LogP contribution in [0.5, 0.6) is 0 Å². The molecule has 0 saturated carbocycles. The molecule has 0 fully saturated rings. The van der Waals surface area contributed by atoms with Crippen LogP contribution in [0, 0.1) is 29.6 Å². The van der Waals surface area contributed by atoms with Crippen molar-refractivity contribution < 1.29 is 37.8 Å². The molecule has 0 spiro atoms. The van der Waals surface area contributed by atoms with Gasteiger partial charge in [0.15, 0.2) is 0 Å². The molecular formula is C27H41O8P. The van der Waals surface area contributed by atoms with Crippen LogP contribution < -0.4 is 0 Å². The number of hydrogen-bond acceptors (Lipinski definition) is 7. The molecule has 1 N–H and O–H groups in total. The van der Waals surface area contributed by atoms with Crippen LogP contribution in [0.3, 0.4) is 0 Å². The topological polar surface area (TPSA) is 108 Å². The van der Waals surface area contributed by atoms with Gasteiger partial charge >= 0.3 is 20.5 Å². The van der Waals surface area contributed by atoms with Gasteiger partial charge in [0.2, 0.25) is 0 Å². The smallest absolute Gasteiger partial charge is 0.332 e. The van der Waals surface area contributed by atoms with Crippen LogP contribution in [0.4, 0.5) is 0 Å². The first-order valence-corrected chi connectivity index (χ1v) is 13.6. The molecule has 5 unspecified atom stereocenters. The van der Waals surface area contributed by atoms with Gasteiger partial charge < -0.3 is 28.2 Å². The number of esters is 1. The molecule has 0 bridgehead atoms. The molecule has 0 aromatic heterocycles. The van der Waals surface area contributed by atoms with Crippen molar-refractivity contribution in [3.05, 3.63) is 48.6 Å². The Morgan fingerprint density at radius 3 is 2.14 bits per heavy atom. The largest absolute Gasteiger partial charge is 0.481 e. The van der Waals surface area contributed by atoms with E-state index in [0.29, 0.717) is 45.4 Å². The second-order valence-electron chi connectivity index (χ2n) is 8.63. The molecule has 5 atom stereocenters. The molecule has 0 radical (unpaired) electrons. The van der Waals surface area contributed by atoms with Gasteiger partial charge in [-0.2, -0.15) is 0 Å². The van der Waals surface area contributed by atoms with Crippen molar-refractivity contribution in [3.63, 3.8) is 0 Å². The number of carbonyl (C=O) groups is 3. The first-order chi connectivity index (χ1) is 17.3. The van der Waals surface area contributed by atoms with Crippen molar-refractivity contribution in [2.45, 2.75) is 47.0 Å². The fourth-order valence-corrected chi connectivity index (χ4v) is 4.95. The molecule has 0 aliphatic carbocycles. The van der Waals surface area contributed by atoms with Gasteiger partial charge in [0, 0.05) is 5.92 Å². The number of ether oxygens (including phenoxy) is 1. The van der Waals surface area contributed by atoms with Crippen LogP contribution >= 0.6 is 8.60 Å². The molecule has 1 rings (SSSR count). The molecule has 0 heterocycles. The van der Waals surface area contributed by atoms with Gasteiger partial charge in [-0.05, 0) is 50.5 Å². The molecule has 0 aliphatic rings.